The number of pyridine rings is 2. The Morgan fingerprint density at radius 2 is 0.476 bits per heavy atom. The first kappa shape index (κ1) is 46.8. The Hall–Kier alpha value is -10.9. The van der Waals surface area contributed by atoms with Gasteiger partial charge in [-0.25, -0.2) is 9.97 Å². The number of nitrogens with zero attached hydrogens (tertiary/aromatic N) is 4. The summed E-state index contributed by atoms with van der Waals surface area (Å²) in [5.41, 5.74) is 33.3. The molecule has 18 rings (SSSR count). The molecule has 0 N–H and O–H groups in total. The molecule has 84 heavy (non-hydrogen) atoms. The lowest BCUT2D eigenvalue weighted by Gasteiger charge is -2.31. The third kappa shape index (κ3) is 6.37. The van der Waals surface area contributed by atoms with Crippen LogP contribution in [-0.4, -0.2) is 19.9 Å². The van der Waals surface area contributed by atoms with Crippen LogP contribution in [0.1, 0.15) is 44.5 Å². The molecule has 0 aliphatic heterocycles. The van der Waals surface area contributed by atoms with Crippen LogP contribution in [0.5, 0.6) is 0 Å². The third-order valence-corrected chi connectivity index (χ3v) is 18.7. The van der Waals surface area contributed by atoms with Crippen LogP contribution in [-0.2, 0) is 10.8 Å². The van der Waals surface area contributed by atoms with Crippen molar-refractivity contribution < 1.29 is 0 Å². The van der Waals surface area contributed by atoms with E-state index in [1.807, 2.05) is 36.9 Å². The molecular formula is C80H48N4. The highest BCUT2D eigenvalue weighted by atomic mass is 14.8. The predicted octanol–water partition coefficient (Wildman–Crippen LogP) is 19.1. The van der Waals surface area contributed by atoms with Crippen molar-refractivity contribution in [3.63, 3.8) is 0 Å². The van der Waals surface area contributed by atoms with Gasteiger partial charge in [-0.1, -0.05) is 243 Å². The zero-order valence-corrected chi connectivity index (χ0v) is 45.5. The quantitative estimate of drug-likeness (QED) is 0.167. The average Bonchev–Trinajstić information content (AvgIpc) is 1.65. The van der Waals surface area contributed by atoms with Crippen molar-refractivity contribution in [1.29, 1.82) is 0 Å². The van der Waals surface area contributed by atoms with E-state index < -0.39 is 10.8 Å². The molecule has 2 spiro atoms. The van der Waals surface area contributed by atoms with Gasteiger partial charge in [-0.2, -0.15) is 0 Å². The summed E-state index contributed by atoms with van der Waals surface area (Å²) in [5, 5.41) is 0. The van der Waals surface area contributed by atoms with Gasteiger partial charge in [0.2, 0.25) is 0 Å². The highest BCUT2D eigenvalue weighted by molar-refractivity contribution is 6.06. The summed E-state index contributed by atoms with van der Waals surface area (Å²) >= 11 is 0. The first-order valence-corrected chi connectivity index (χ1v) is 28.9. The van der Waals surface area contributed by atoms with Gasteiger partial charge in [0.25, 0.3) is 0 Å². The Kier molecular flexibility index (Phi) is 9.90. The van der Waals surface area contributed by atoms with Gasteiger partial charge in [0, 0.05) is 47.0 Å². The Morgan fingerprint density at radius 3 is 0.786 bits per heavy atom. The van der Waals surface area contributed by atoms with Crippen LogP contribution in [0.3, 0.4) is 0 Å². The van der Waals surface area contributed by atoms with E-state index in [4.69, 9.17) is 9.97 Å². The largest absolute Gasteiger partial charge is 0.264 e. The van der Waals surface area contributed by atoms with Crippen molar-refractivity contribution in [2.75, 3.05) is 0 Å². The van der Waals surface area contributed by atoms with Gasteiger partial charge in [0.15, 0.2) is 0 Å². The molecule has 0 atom stereocenters. The molecule has 0 amide bonds. The van der Waals surface area contributed by atoms with Crippen LogP contribution >= 0.6 is 0 Å². The standard InChI is InChI=1S/C80H48N4/c1-7-23-67-59(17-1)60-18-2-8-24-68(60)79(67)71-27-11-5-21-63(71)65-39-37-53(45-73(65)79)57-41-42-58(54-38-40-66-64-22-6-12-28-72(64)80(74(66)46-54)69-25-9-3-19-61(69)62-20-4-10-26-70(62)80)78-77(57)83-75(51-33-29-49(30-34-51)55-15-13-43-81-47-55)76(84-78)52-35-31-50(32-36-52)56-16-14-44-82-48-56/h1-48H. The molecule has 0 bridgehead atoms. The summed E-state index contributed by atoms with van der Waals surface area (Å²) < 4.78 is 0. The van der Waals surface area contributed by atoms with Gasteiger partial charge >= 0.3 is 0 Å². The van der Waals surface area contributed by atoms with Crippen LogP contribution in [0.2, 0.25) is 0 Å². The zero-order valence-electron chi connectivity index (χ0n) is 45.5. The van der Waals surface area contributed by atoms with Gasteiger partial charge in [0.1, 0.15) is 0 Å². The Labute approximate surface area is 486 Å². The smallest absolute Gasteiger partial charge is 0.0979 e. The van der Waals surface area contributed by atoms with Gasteiger partial charge < -0.3 is 0 Å². The fourth-order valence-corrected chi connectivity index (χ4v) is 15.2. The van der Waals surface area contributed by atoms with E-state index in [0.29, 0.717) is 0 Å². The van der Waals surface area contributed by atoms with Crippen molar-refractivity contribution in [2.24, 2.45) is 0 Å². The van der Waals surface area contributed by atoms with Crippen molar-refractivity contribution in [1.82, 2.24) is 19.9 Å². The minimum Gasteiger partial charge on any atom is -0.264 e. The average molecular weight is 1070 g/mol. The van der Waals surface area contributed by atoms with Crippen LogP contribution in [0.25, 0.3) is 123 Å². The maximum absolute atomic E-state index is 6.01. The first-order chi connectivity index (χ1) is 41.7. The van der Waals surface area contributed by atoms with Crippen LogP contribution < -0.4 is 0 Å². The first-order valence-electron chi connectivity index (χ1n) is 28.9. The second-order valence-corrected chi connectivity index (χ2v) is 22.7. The molecule has 11 aromatic carbocycles. The van der Waals surface area contributed by atoms with Crippen molar-refractivity contribution in [3.8, 4) is 112 Å². The molecular weight excluding hydrogens is 1020 g/mol. The van der Waals surface area contributed by atoms with Gasteiger partial charge in [0.05, 0.1) is 33.3 Å². The van der Waals surface area contributed by atoms with Crippen LogP contribution in [0.4, 0.5) is 0 Å². The molecule has 4 heteroatoms. The molecule has 3 aromatic heterocycles. The molecule has 0 unspecified atom stereocenters. The van der Waals surface area contributed by atoms with Gasteiger partial charge in [-0.3, -0.25) is 9.97 Å². The Bertz CT molecular complexity index is 4620. The molecule has 4 nitrogen and oxygen atoms in total. The maximum atomic E-state index is 6.01. The summed E-state index contributed by atoms with van der Waals surface area (Å²) in [5.74, 6) is 0. The Morgan fingerprint density at radius 1 is 0.202 bits per heavy atom. The molecule has 0 saturated carbocycles. The molecule has 4 aliphatic carbocycles. The van der Waals surface area contributed by atoms with Crippen LogP contribution in [0, 0.1) is 0 Å². The topological polar surface area (TPSA) is 51.6 Å². The zero-order chi connectivity index (χ0) is 55.1. The SMILES string of the molecule is c1cncc(-c2ccc(-c3nc4c(-c5ccc6c(c5)C5(c7ccccc7-c7ccccc75)c5ccccc5-6)ccc(-c5ccc6c(c5)C5(c7ccccc7-c7ccccc75)c5ccccc5-6)c4nc3-c3ccc(-c4cccnc4)cc3)cc2)c1. The molecule has 14 aromatic rings. The fraction of sp³-hybridized carbons (Fsp3) is 0.0250. The summed E-state index contributed by atoms with van der Waals surface area (Å²) in [6.07, 6.45) is 7.47. The van der Waals surface area contributed by atoms with E-state index in [-0.39, 0.29) is 0 Å². The third-order valence-electron chi connectivity index (χ3n) is 18.7. The molecule has 3 heterocycles. The van der Waals surface area contributed by atoms with Crippen molar-refractivity contribution in [3.05, 3.63) is 336 Å². The molecule has 0 saturated heterocycles. The van der Waals surface area contributed by atoms with E-state index in [1.54, 1.807) is 0 Å². The fourth-order valence-electron chi connectivity index (χ4n) is 15.2. The minimum absolute atomic E-state index is 0.512. The second-order valence-electron chi connectivity index (χ2n) is 22.7. The summed E-state index contributed by atoms with van der Waals surface area (Å²) in [6.45, 7) is 0. The number of fused-ring (bicyclic) bond motifs is 21. The van der Waals surface area contributed by atoms with E-state index in [2.05, 4.69) is 265 Å². The number of hydrogen-bond donors (Lipinski definition) is 0. The monoisotopic (exact) mass is 1060 g/mol. The minimum atomic E-state index is -0.512. The summed E-state index contributed by atoms with van der Waals surface area (Å²) in [6, 6.07) is 98.8. The molecule has 0 radical (unpaired) electrons. The van der Waals surface area contributed by atoms with Crippen molar-refractivity contribution >= 4 is 11.0 Å². The highest BCUT2D eigenvalue weighted by Crippen LogP contribution is 2.65. The number of rotatable bonds is 6. The normalized spacial score (nSPS) is 13.7. The lowest BCUT2D eigenvalue weighted by molar-refractivity contribution is 0.794. The summed E-state index contributed by atoms with van der Waals surface area (Å²) in [7, 11) is 0. The maximum Gasteiger partial charge on any atom is 0.0979 e. The van der Waals surface area contributed by atoms with E-state index in [9.17, 15) is 0 Å². The lowest BCUT2D eigenvalue weighted by Crippen LogP contribution is -2.25. The van der Waals surface area contributed by atoms with E-state index in [0.717, 1.165) is 78.1 Å². The second kappa shape index (κ2) is 17.8. The lowest BCUT2D eigenvalue weighted by atomic mass is 9.70. The molecule has 4 aliphatic rings. The molecule has 388 valence electrons. The number of hydrogen-bond acceptors (Lipinski definition) is 4. The van der Waals surface area contributed by atoms with Crippen molar-refractivity contribution in [2.45, 2.75) is 10.8 Å². The predicted molar refractivity (Wildman–Crippen MR) is 340 cm³/mol. The van der Waals surface area contributed by atoms with E-state index >= 15 is 0 Å². The van der Waals surface area contributed by atoms with Gasteiger partial charge in [-0.05, 0) is 147 Å². The highest BCUT2D eigenvalue weighted by Gasteiger charge is 2.53. The summed E-state index contributed by atoms with van der Waals surface area (Å²) in [4.78, 5) is 20.9. The van der Waals surface area contributed by atoms with E-state index in [1.165, 1.54) is 89.0 Å². The van der Waals surface area contributed by atoms with Gasteiger partial charge in [-0.15, -0.1) is 0 Å². The Balaban J connectivity index is 0.909. The van der Waals surface area contributed by atoms with Crippen LogP contribution in [0.15, 0.2) is 292 Å². The number of benzene rings is 11. The molecule has 0 fully saturated rings. The number of aromatic nitrogens is 4.